The van der Waals surface area contributed by atoms with Crippen LogP contribution in [0.15, 0.2) is 66.7 Å². The first kappa shape index (κ1) is 17.7. The molecule has 0 unspecified atom stereocenters. The van der Waals surface area contributed by atoms with Crippen molar-refractivity contribution in [3.05, 3.63) is 87.4 Å². The highest BCUT2D eigenvalue weighted by Crippen LogP contribution is 2.29. The number of nitro groups is 1. The van der Waals surface area contributed by atoms with Crippen LogP contribution in [0.1, 0.15) is 10.4 Å². The molecule has 4 aromatic rings. The number of anilines is 1. The first-order valence-corrected chi connectivity index (χ1v) is 8.70. The Bertz CT molecular complexity index is 1190. The van der Waals surface area contributed by atoms with Crippen molar-refractivity contribution in [2.75, 3.05) is 5.32 Å². The zero-order chi connectivity index (χ0) is 19.7. The summed E-state index contributed by atoms with van der Waals surface area (Å²) in [5.74, 6) is 0.0551. The van der Waals surface area contributed by atoms with Crippen LogP contribution in [0.4, 0.5) is 11.4 Å². The van der Waals surface area contributed by atoms with E-state index in [1.807, 2.05) is 36.4 Å². The second-order valence-electron chi connectivity index (χ2n) is 6.02. The van der Waals surface area contributed by atoms with Crippen molar-refractivity contribution >= 4 is 39.9 Å². The summed E-state index contributed by atoms with van der Waals surface area (Å²) in [5.41, 5.74) is 2.69. The number of nitrogens with one attached hydrogen (secondary N) is 2. The zero-order valence-corrected chi connectivity index (χ0v) is 15.1. The summed E-state index contributed by atoms with van der Waals surface area (Å²) in [5, 5.41) is 13.9. The molecular formula is C20H13ClN4O3. The second-order valence-corrected chi connectivity index (χ2v) is 6.43. The molecule has 0 spiro atoms. The van der Waals surface area contributed by atoms with Gasteiger partial charge in [-0.15, -0.1) is 0 Å². The molecule has 7 nitrogen and oxygen atoms in total. The van der Waals surface area contributed by atoms with Crippen molar-refractivity contribution in [3.8, 4) is 11.4 Å². The van der Waals surface area contributed by atoms with Gasteiger partial charge >= 0.3 is 0 Å². The van der Waals surface area contributed by atoms with E-state index in [0.717, 1.165) is 17.1 Å². The molecule has 0 saturated heterocycles. The lowest BCUT2D eigenvalue weighted by molar-refractivity contribution is -0.384. The van der Waals surface area contributed by atoms with Crippen LogP contribution < -0.4 is 5.32 Å². The molecule has 4 rings (SSSR count). The standard InChI is InChI=1S/C20H13ClN4O3/c21-15-10-9-12(25(27)28)11-14(15)20(26)24-16-6-2-1-5-13(16)19-22-17-7-3-4-8-18(17)23-19/h1-11H,(H,22,23)(H,24,26). The monoisotopic (exact) mass is 392 g/mol. The first-order chi connectivity index (χ1) is 13.5. The molecule has 1 aromatic heterocycles. The predicted octanol–water partition coefficient (Wildman–Crippen LogP) is 5.04. The maximum Gasteiger partial charge on any atom is 0.270 e. The number of hydrogen-bond donors (Lipinski definition) is 2. The molecular weight excluding hydrogens is 380 g/mol. The summed E-state index contributed by atoms with van der Waals surface area (Å²) in [4.78, 5) is 30.9. The summed E-state index contributed by atoms with van der Waals surface area (Å²) >= 11 is 6.07. The molecule has 28 heavy (non-hydrogen) atoms. The third-order valence-electron chi connectivity index (χ3n) is 4.23. The number of aromatic amines is 1. The molecule has 0 aliphatic rings. The molecule has 8 heteroatoms. The topological polar surface area (TPSA) is 101 Å². The number of nitro benzene ring substituents is 1. The van der Waals surface area contributed by atoms with E-state index in [2.05, 4.69) is 15.3 Å². The highest BCUT2D eigenvalue weighted by atomic mass is 35.5. The van der Waals surface area contributed by atoms with E-state index in [4.69, 9.17) is 11.6 Å². The summed E-state index contributed by atoms with van der Waals surface area (Å²) < 4.78 is 0. The SMILES string of the molecule is O=C(Nc1ccccc1-c1nc2ccccc2[nH]1)c1cc([N+](=O)[O-])ccc1Cl. The number of fused-ring (bicyclic) bond motifs is 1. The van der Waals surface area contributed by atoms with Crippen LogP contribution in [0.5, 0.6) is 0 Å². The molecule has 0 aliphatic heterocycles. The van der Waals surface area contributed by atoms with E-state index in [1.54, 1.807) is 12.1 Å². The van der Waals surface area contributed by atoms with E-state index < -0.39 is 10.8 Å². The fourth-order valence-corrected chi connectivity index (χ4v) is 3.07. The minimum absolute atomic E-state index is 0.0234. The van der Waals surface area contributed by atoms with Gasteiger partial charge in [0.1, 0.15) is 5.82 Å². The summed E-state index contributed by atoms with van der Waals surface area (Å²) in [6.07, 6.45) is 0. The van der Waals surface area contributed by atoms with Gasteiger partial charge in [-0.05, 0) is 30.3 Å². The van der Waals surface area contributed by atoms with Gasteiger partial charge in [0.25, 0.3) is 11.6 Å². The van der Waals surface area contributed by atoms with Gasteiger partial charge < -0.3 is 10.3 Å². The Morgan fingerprint density at radius 2 is 1.82 bits per heavy atom. The summed E-state index contributed by atoms with van der Waals surface area (Å²) in [7, 11) is 0. The Kier molecular flexibility index (Phi) is 4.50. The number of nitrogens with zero attached hydrogens (tertiary/aromatic N) is 2. The Labute approximate surface area is 164 Å². The fourth-order valence-electron chi connectivity index (χ4n) is 2.87. The molecule has 0 saturated carbocycles. The minimum atomic E-state index is -0.574. The number of aromatic nitrogens is 2. The van der Waals surface area contributed by atoms with Crippen molar-refractivity contribution in [1.29, 1.82) is 0 Å². The molecule has 138 valence electrons. The van der Waals surface area contributed by atoms with Gasteiger partial charge in [-0.3, -0.25) is 14.9 Å². The zero-order valence-electron chi connectivity index (χ0n) is 14.3. The third kappa shape index (κ3) is 3.30. The maximum absolute atomic E-state index is 12.7. The summed E-state index contributed by atoms with van der Waals surface area (Å²) in [6, 6.07) is 18.5. The molecule has 1 amide bonds. The van der Waals surface area contributed by atoms with Crippen molar-refractivity contribution in [2.45, 2.75) is 0 Å². The van der Waals surface area contributed by atoms with E-state index >= 15 is 0 Å². The van der Waals surface area contributed by atoms with Crippen LogP contribution in [-0.2, 0) is 0 Å². The summed E-state index contributed by atoms with van der Waals surface area (Å²) in [6.45, 7) is 0. The molecule has 1 heterocycles. The highest BCUT2D eigenvalue weighted by Gasteiger charge is 2.18. The molecule has 2 N–H and O–H groups in total. The molecule has 3 aromatic carbocycles. The highest BCUT2D eigenvalue weighted by molar-refractivity contribution is 6.34. The van der Waals surface area contributed by atoms with Gasteiger partial charge in [0.2, 0.25) is 0 Å². The molecule has 0 atom stereocenters. The van der Waals surface area contributed by atoms with Gasteiger partial charge in [-0.25, -0.2) is 4.98 Å². The Morgan fingerprint density at radius 1 is 1.07 bits per heavy atom. The van der Waals surface area contributed by atoms with E-state index in [-0.39, 0.29) is 16.3 Å². The van der Waals surface area contributed by atoms with E-state index in [1.165, 1.54) is 12.1 Å². The van der Waals surface area contributed by atoms with Crippen LogP contribution in [0.25, 0.3) is 22.4 Å². The van der Waals surface area contributed by atoms with Gasteiger partial charge in [0.05, 0.1) is 32.2 Å². The predicted molar refractivity (Wildman–Crippen MR) is 108 cm³/mol. The van der Waals surface area contributed by atoms with Crippen LogP contribution in [-0.4, -0.2) is 20.8 Å². The normalized spacial score (nSPS) is 10.8. The van der Waals surface area contributed by atoms with E-state index in [9.17, 15) is 14.9 Å². The number of imidazole rings is 1. The smallest absolute Gasteiger partial charge is 0.270 e. The molecule has 0 bridgehead atoms. The number of benzene rings is 3. The van der Waals surface area contributed by atoms with Gasteiger partial charge in [0.15, 0.2) is 0 Å². The van der Waals surface area contributed by atoms with Crippen molar-refractivity contribution in [3.63, 3.8) is 0 Å². The van der Waals surface area contributed by atoms with Gasteiger partial charge in [0, 0.05) is 17.7 Å². The van der Waals surface area contributed by atoms with Crippen LogP contribution >= 0.6 is 11.6 Å². The first-order valence-electron chi connectivity index (χ1n) is 8.32. The van der Waals surface area contributed by atoms with Crippen molar-refractivity contribution < 1.29 is 9.72 Å². The van der Waals surface area contributed by atoms with Crippen LogP contribution in [0.2, 0.25) is 5.02 Å². The maximum atomic E-state index is 12.7. The third-order valence-corrected chi connectivity index (χ3v) is 4.55. The Hall–Kier alpha value is -3.71. The Balaban J connectivity index is 1.71. The van der Waals surface area contributed by atoms with Gasteiger partial charge in [-0.1, -0.05) is 35.9 Å². The van der Waals surface area contributed by atoms with Crippen LogP contribution in [0.3, 0.4) is 0 Å². The number of carbonyl (C=O) groups is 1. The molecule has 0 aliphatic carbocycles. The van der Waals surface area contributed by atoms with Crippen molar-refractivity contribution in [2.24, 2.45) is 0 Å². The molecule has 0 radical (unpaired) electrons. The quantitative estimate of drug-likeness (QED) is 0.375. The fraction of sp³-hybridized carbons (Fsp3) is 0. The number of halogens is 1. The number of non-ortho nitro benzene ring substituents is 1. The van der Waals surface area contributed by atoms with Crippen molar-refractivity contribution in [1.82, 2.24) is 9.97 Å². The number of hydrogen-bond acceptors (Lipinski definition) is 4. The number of amides is 1. The van der Waals surface area contributed by atoms with Crippen LogP contribution in [0, 0.1) is 10.1 Å². The largest absolute Gasteiger partial charge is 0.338 e. The number of rotatable bonds is 4. The lowest BCUT2D eigenvalue weighted by Crippen LogP contribution is -2.13. The van der Waals surface area contributed by atoms with E-state index in [0.29, 0.717) is 17.1 Å². The lowest BCUT2D eigenvalue weighted by atomic mass is 10.1. The second kappa shape index (κ2) is 7.13. The van der Waals surface area contributed by atoms with Gasteiger partial charge in [-0.2, -0.15) is 0 Å². The number of H-pyrrole nitrogens is 1. The Morgan fingerprint density at radius 3 is 2.61 bits per heavy atom. The average molecular weight is 393 g/mol. The average Bonchev–Trinajstić information content (AvgIpc) is 3.12. The molecule has 0 fully saturated rings. The number of para-hydroxylation sites is 3. The minimum Gasteiger partial charge on any atom is -0.338 e. The lowest BCUT2D eigenvalue weighted by Gasteiger charge is -2.10. The number of carbonyl (C=O) groups excluding carboxylic acids is 1.